The number of amidine groups is 1. The van der Waals surface area contributed by atoms with Crippen molar-refractivity contribution in [2.45, 2.75) is 18.6 Å². The number of halogens is 2. The number of hydrogen-bond acceptors (Lipinski definition) is 5. The van der Waals surface area contributed by atoms with Crippen LogP contribution >= 0.6 is 35.0 Å². The van der Waals surface area contributed by atoms with Crippen molar-refractivity contribution >= 4 is 63.8 Å². The van der Waals surface area contributed by atoms with Gasteiger partial charge < -0.3 is 10.6 Å². The van der Waals surface area contributed by atoms with Gasteiger partial charge in [-0.2, -0.15) is 5.10 Å². The number of carbonyl (C=O) groups excluding carboxylic acids is 2. The van der Waals surface area contributed by atoms with Gasteiger partial charge in [-0.3, -0.25) is 9.59 Å². The Balaban J connectivity index is 1.57. The Bertz CT molecular complexity index is 961. The first-order chi connectivity index (χ1) is 13.4. The Morgan fingerprint density at radius 1 is 1.21 bits per heavy atom. The SMILES string of the molecule is Cc1ccc(Cl)cc1NC(=O)CC1SC(=NN=Cc2ccc(Cl)cc2)NC1=O. The molecule has 0 saturated carbocycles. The number of nitrogens with one attached hydrogen (secondary N) is 2. The summed E-state index contributed by atoms with van der Waals surface area (Å²) in [4.78, 5) is 24.4. The molecule has 2 amide bonds. The summed E-state index contributed by atoms with van der Waals surface area (Å²) in [5.74, 6) is -0.549. The van der Waals surface area contributed by atoms with Crippen molar-refractivity contribution in [2.75, 3.05) is 5.32 Å². The zero-order valence-corrected chi connectivity index (χ0v) is 17.1. The predicted molar refractivity (Wildman–Crippen MR) is 115 cm³/mol. The third-order valence-electron chi connectivity index (χ3n) is 3.85. The molecule has 2 N–H and O–H groups in total. The molecule has 1 aliphatic rings. The molecule has 0 spiro atoms. The van der Waals surface area contributed by atoms with E-state index >= 15 is 0 Å². The van der Waals surface area contributed by atoms with Gasteiger partial charge in [-0.05, 0) is 42.3 Å². The monoisotopic (exact) mass is 434 g/mol. The lowest BCUT2D eigenvalue weighted by molar-refractivity contribution is -0.122. The van der Waals surface area contributed by atoms with E-state index in [0.29, 0.717) is 20.9 Å². The van der Waals surface area contributed by atoms with E-state index in [4.69, 9.17) is 23.2 Å². The molecule has 1 heterocycles. The maximum absolute atomic E-state index is 12.3. The highest BCUT2D eigenvalue weighted by atomic mass is 35.5. The molecule has 0 bridgehead atoms. The van der Waals surface area contributed by atoms with E-state index in [0.717, 1.165) is 11.1 Å². The van der Waals surface area contributed by atoms with Crippen LogP contribution in [0.25, 0.3) is 0 Å². The predicted octanol–water partition coefficient (Wildman–Crippen LogP) is 4.25. The lowest BCUT2D eigenvalue weighted by atomic mass is 10.2. The van der Waals surface area contributed by atoms with Crippen molar-refractivity contribution in [1.82, 2.24) is 5.32 Å². The summed E-state index contributed by atoms with van der Waals surface area (Å²) < 4.78 is 0. The van der Waals surface area contributed by atoms with Crippen LogP contribution in [0.4, 0.5) is 5.69 Å². The Labute approximate surface area is 176 Å². The van der Waals surface area contributed by atoms with E-state index in [1.165, 1.54) is 11.8 Å². The largest absolute Gasteiger partial charge is 0.326 e. The van der Waals surface area contributed by atoms with E-state index in [1.807, 2.05) is 13.0 Å². The summed E-state index contributed by atoms with van der Waals surface area (Å²) in [6.07, 6.45) is 1.57. The van der Waals surface area contributed by atoms with E-state index in [9.17, 15) is 9.59 Å². The van der Waals surface area contributed by atoms with Crippen molar-refractivity contribution in [3.63, 3.8) is 0 Å². The third-order valence-corrected chi connectivity index (χ3v) is 5.41. The number of nitrogens with zero attached hydrogens (tertiary/aromatic N) is 2. The van der Waals surface area contributed by atoms with Crippen molar-refractivity contribution in [3.05, 3.63) is 63.6 Å². The number of thioether (sulfide) groups is 1. The second kappa shape index (κ2) is 9.23. The number of rotatable bonds is 5. The third kappa shape index (κ3) is 5.58. The molecule has 1 atom stereocenters. The molecular formula is C19H16Cl2N4O2S. The highest BCUT2D eigenvalue weighted by Gasteiger charge is 2.32. The van der Waals surface area contributed by atoms with Crippen LogP contribution in [0.1, 0.15) is 17.5 Å². The fourth-order valence-corrected chi connectivity index (χ4v) is 3.60. The van der Waals surface area contributed by atoms with E-state index in [-0.39, 0.29) is 18.2 Å². The number of amides is 2. The minimum atomic E-state index is -0.566. The van der Waals surface area contributed by atoms with E-state index in [1.54, 1.807) is 42.6 Å². The fraction of sp³-hybridized carbons (Fsp3) is 0.158. The highest BCUT2D eigenvalue weighted by Crippen LogP contribution is 2.24. The first-order valence-corrected chi connectivity index (χ1v) is 9.94. The molecule has 0 radical (unpaired) electrons. The van der Waals surface area contributed by atoms with Crippen molar-refractivity contribution in [3.8, 4) is 0 Å². The first kappa shape index (κ1) is 20.4. The molecule has 2 aromatic rings. The minimum absolute atomic E-state index is 0.0162. The zero-order valence-electron chi connectivity index (χ0n) is 14.8. The van der Waals surface area contributed by atoms with Crippen LogP contribution in [0.5, 0.6) is 0 Å². The molecule has 1 unspecified atom stereocenters. The second-order valence-electron chi connectivity index (χ2n) is 6.01. The Morgan fingerprint density at radius 3 is 2.68 bits per heavy atom. The molecule has 9 heteroatoms. The normalized spacial score (nSPS) is 17.9. The van der Waals surface area contributed by atoms with Crippen LogP contribution in [-0.2, 0) is 9.59 Å². The lowest BCUT2D eigenvalue weighted by Crippen LogP contribution is -2.28. The van der Waals surface area contributed by atoms with Gasteiger partial charge in [-0.25, -0.2) is 0 Å². The first-order valence-electron chi connectivity index (χ1n) is 8.31. The summed E-state index contributed by atoms with van der Waals surface area (Å²) in [5, 5.41) is 14.3. The van der Waals surface area contributed by atoms with Crippen molar-refractivity contribution in [1.29, 1.82) is 0 Å². The van der Waals surface area contributed by atoms with Gasteiger partial charge in [0.2, 0.25) is 11.8 Å². The number of hydrogen-bond donors (Lipinski definition) is 2. The van der Waals surface area contributed by atoms with Gasteiger partial charge in [0.05, 0.1) is 6.21 Å². The molecule has 6 nitrogen and oxygen atoms in total. The number of aryl methyl sites for hydroxylation is 1. The van der Waals surface area contributed by atoms with Crippen LogP contribution in [-0.4, -0.2) is 28.4 Å². The maximum Gasteiger partial charge on any atom is 0.240 e. The number of anilines is 1. The molecule has 1 saturated heterocycles. The Kier molecular flexibility index (Phi) is 6.72. The molecule has 0 aliphatic carbocycles. The molecule has 1 aliphatic heterocycles. The van der Waals surface area contributed by atoms with E-state index < -0.39 is 5.25 Å². The summed E-state index contributed by atoms with van der Waals surface area (Å²) in [5.41, 5.74) is 2.35. The zero-order chi connectivity index (χ0) is 20.1. The quantitative estimate of drug-likeness (QED) is 0.544. The Hall–Kier alpha value is -2.35. The van der Waals surface area contributed by atoms with E-state index in [2.05, 4.69) is 20.8 Å². The number of benzene rings is 2. The number of carbonyl (C=O) groups is 2. The minimum Gasteiger partial charge on any atom is -0.326 e. The van der Waals surface area contributed by atoms with Gasteiger partial charge in [0.1, 0.15) is 5.25 Å². The van der Waals surface area contributed by atoms with Crippen LogP contribution < -0.4 is 10.6 Å². The second-order valence-corrected chi connectivity index (χ2v) is 8.07. The summed E-state index contributed by atoms with van der Waals surface area (Å²) in [7, 11) is 0. The fourth-order valence-electron chi connectivity index (χ4n) is 2.38. The summed E-state index contributed by atoms with van der Waals surface area (Å²) in [6.45, 7) is 1.87. The summed E-state index contributed by atoms with van der Waals surface area (Å²) >= 11 is 13.0. The van der Waals surface area contributed by atoms with Crippen LogP contribution in [0.2, 0.25) is 10.0 Å². The highest BCUT2D eigenvalue weighted by molar-refractivity contribution is 8.15. The topological polar surface area (TPSA) is 82.9 Å². The summed E-state index contributed by atoms with van der Waals surface area (Å²) in [6, 6.07) is 12.3. The standard InChI is InChI=1S/C19H16Cl2N4O2S/c1-11-2-5-14(21)8-15(11)23-17(26)9-16-18(27)24-19(28-16)25-22-10-12-3-6-13(20)7-4-12/h2-8,10,16H,9H2,1H3,(H,23,26)(H,24,25,27). The van der Waals surface area contributed by atoms with Crippen molar-refractivity contribution in [2.24, 2.45) is 10.2 Å². The van der Waals surface area contributed by atoms with Crippen LogP contribution in [0, 0.1) is 6.92 Å². The van der Waals surface area contributed by atoms with Crippen molar-refractivity contribution < 1.29 is 9.59 Å². The average molecular weight is 435 g/mol. The molecule has 28 heavy (non-hydrogen) atoms. The molecule has 0 aromatic heterocycles. The molecule has 1 fully saturated rings. The van der Waals surface area contributed by atoms with Crippen LogP contribution in [0.15, 0.2) is 52.7 Å². The average Bonchev–Trinajstić information content (AvgIpc) is 2.99. The smallest absolute Gasteiger partial charge is 0.240 e. The lowest BCUT2D eigenvalue weighted by Gasteiger charge is -2.10. The van der Waals surface area contributed by atoms with Crippen LogP contribution in [0.3, 0.4) is 0 Å². The van der Waals surface area contributed by atoms with Gasteiger partial charge in [-0.15, -0.1) is 5.10 Å². The van der Waals surface area contributed by atoms with Gasteiger partial charge >= 0.3 is 0 Å². The Morgan fingerprint density at radius 2 is 1.93 bits per heavy atom. The van der Waals surface area contributed by atoms with Gasteiger partial charge in [0.25, 0.3) is 0 Å². The maximum atomic E-state index is 12.3. The molecule has 2 aromatic carbocycles. The van der Waals surface area contributed by atoms with Gasteiger partial charge in [-0.1, -0.05) is 53.2 Å². The molecule has 3 rings (SSSR count). The van der Waals surface area contributed by atoms with Gasteiger partial charge in [0, 0.05) is 22.2 Å². The molecule has 144 valence electrons. The van der Waals surface area contributed by atoms with Gasteiger partial charge in [0.15, 0.2) is 5.17 Å². The molecular weight excluding hydrogens is 419 g/mol.